The first-order chi connectivity index (χ1) is 16.1. The van der Waals surface area contributed by atoms with Gasteiger partial charge in [0.15, 0.2) is 5.82 Å². The van der Waals surface area contributed by atoms with E-state index in [4.69, 9.17) is 18.0 Å². The van der Waals surface area contributed by atoms with E-state index in [-0.39, 0.29) is 5.91 Å². The molecule has 33 heavy (non-hydrogen) atoms. The molecule has 1 aliphatic rings. The Morgan fingerprint density at radius 3 is 2.82 bits per heavy atom. The van der Waals surface area contributed by atoms with Gasteiger partial charge < -0.3 is 5.73 Å². The normalized spacial score (nSPS) is 15.2. The van der Waals surface area contributed by atoms with Crippen LogP contribution in [-0.2, 0) is 11.2 Å². The lowest BCUT2D eigenvalue weighted by molar-refractivity contribution is -0.122. The van der Waals surface area contributed by atoms with Crippen molar-refractivity contribution in [3.8, 4) is 11.1 Å². The van der Waals surface area contributed by atoms with Gasteiger partial charge in [0, 0.05) is 24.0 Å². The second-order valence-electron chi connectivity index (χ2n) is 7.68. The molecule has 0 bridgehead atoms. The molecule has 1 saturated heterocycles. The number of nitrogen functional groups attached to an aromatic ring is 1. The molecule has 9 heteroatoms. The molecular formula is C24H20N6OS2. The van der Waals surface area contributed by atoms with Gasteiger partial charge in [-0.15, -0.1) is 10.2 Å². The third-order valence-electron chi connectivity index (χ3n) is 5.46. The molecule has 164 valence electrons. The number of tetrazole rings is 1. The van der Waals surface area contributed by atoms with E-state index in [1.54, 1.807) is 4.90 Å². The fraction of sp³-hybridized carbons (Fsp3) is 0.125. The maximum Gasteiger partial charge on any atom is 0.266 e. The molecule has 0 atom stereocenters. The van der Waals surface area contributed by atoms with Gasteiger partial charge in [-0.1, -0.05) is 71.7 Å². The van der Waals surface area contributed by atoms with Gasteiger partial charge in [-0.3, -0.25) is 9.69 Å². The van der Waals surface area contributed by atoms with Crippen molar-refractivity contribution in [2.75, 3.05) is 12.3 Å². The summed E-state index contributed by atoms with van der Waals surface area (Å²) in [5.74, 6) is 0.556. The highest BCUT2D eigenvalue weighted by Crippen LogP contribution is 2.34. The Morgan fingerprint density at radius 1 is 1.09 bits per heavy atom. The van der Waals surface area contributed by atoms with E-state index in [1.807, 2.05) is 48.5 Å². The molecule has 1 amide bonds. The Bertz CT molecular complexity index is 1380. The van der Waals surface area contributed by atoms with Gasteiger partial charge in [-0.05, 0) is 52.8 Å². The van der Waals surface area contributed by atoms with E-state index in [1.165, 1.54) is 11.8 Å². The van der Waals surface area contributed by atoms with Crippen LogP contribution >= 0.6 is 24.0 Å². The Hall–Kier alpha value is -3.56. The number of hydrogen-bond acceptors (Lipinski definition) is 7. The van der Waals surface area contributed by atoms with E-state index in [9.17, 15) is 4.79 Å². The van der Waals surface area contributed by atoms with Gasteiger partial charge in [0.1, 0.15) is 4.32 Å². The maximum absolute atomic E-state index is 12.9. The van der Waals surface area contributed by atoms with Crippen molar-refractivity contribution < 1.29 is 4.79 Å². The van der Waals surface area contributed by atoms with Crippen LogP contribution in [0.4, 0.5) is 5.69 Å². The number of carbonyl (C=O) groups is 1. The fourth-order valence-electron chi connectivity index (χ4n) is 3.84. The van der Waals surface area contributed by atoms with Crippen LogP contribution in [-0.4, -0.2) is 42.3 Å². The van der Waals surface area contributed by atoms with Crippen LogP contribution in [0.2, 0.25) is 0 Å². The minimum atomic E-state index is -0.0709. The third kappa shape index (κ3) is 4.50. The molecule has 0 aliphatic carbocycles. The summed E-state index contributed by atoms with van der Waals surface area (Å²) in [7, 11) is 0. The number of carbonyl (C=O) groups excluding carboxylic acids is 1. The zero-order valence-electron chi connectivity index (χ0n) is 17.6. The van der Waals surface area contributed by atoms with Gasteiger partial charge in [0.05, 0.1) is 4.91 Å². The molecule has 7 nitrogen and oxygen atoms in total. The van der Waals surface area contributed by atoms with Gasteiger partial charge in [-0.2, -0.15) is 5.21 Å². The van der Waals surface area contributed by atoms with Crippen LogP contribution in [0.3, 0.4) is 0 Å². The second kappa shape index (κ2) is 9.13. The average Bonchev–Trinajstić information content (AvgIpc) is 3.43. The highest BCUT2D eigenvalue weighted by Gasteiger charge is 2.31. The van der Waals surface area contributed by atoms with Gasteiger partial charge in [0.2, 0.25) is 0 Å². The summed E-state index contributed by atoms with van der Waals surface area (Å²) in [6, 6.07) is 20.3. The molecule has 3 N–H and O–H groups in total. The summed E-state index contributed by atoms with van der Waals surface area (Å²) in [4.78, 5) is 15.2. The summed E-state index contributed by atoms with van der Waals surface area (Å²) in [5, 5.41) is 16.0. The summed E-state index contributed by atoms with van der Waals surface area (Å²) in [6.45, 7) is 0.521. The molecule has 0 spiro atoms. The quantitative estimate of drug-likeness (QED) is 0.243. The zero-order chi connectivity index (χ0) is 22.8. The number of fused-ring (bicyclic) bond motifs is 1. The third-order valence-corrected chi connectivity index (χ3v) is 6.83. The molecule has 5 rings (SSSR count). The summed E-state index contributed by atoms with van der Waals surface area (Å²) in [6.07, 6.45) is 3.23. The number of rotatable bonds is 6. The van der Waals surface area contributed by atoms with Crippen LogP contribution in [0.1, 0.15) is 17.8 Å². The Labute approximate surface area is 200 Å². The van der Waals surface area contributed by atoms with Crippen LogP contribution < -0.4 is 5.73 Å². The Kier molecular flexibility index (Phi) is 5.89. The predicted molar refractivity (Wildman–Crippen MR) is 136 cm³/mol. The van der Waals surface area contributed by atoms with Crippen molar-refractivity contribution >= 4 is 56.7 Å². The molecule has 1 fully saturated rings. The monoisotopic (exact) mass is 472 g/mol. The first-order valence-electron chi connectivity index (χ1n) is 10.4. The van der Waals surface area contributed by atoms with E-state index >= 15 is 0 Å². The Morgan fingerprint density at radius 2 is 1.97 bits per heavy atom. The standard InChI is InChI=1S/C24H20N6OS2/c25-20-14-18(13-17-6-1-2-8-19(17)20)16-7-3-5-15(11-16)12-21-23(31)30(24(32)33-21)10-4-9-22-26-28-29-27-22/h1-3,5-8,11-14H,4,9-10,25H2,(H,26,27,28,29). The van der Waals surface area contributed by atoms with Crippen LogP contribution in [0, 0.1) is 0 Å². The fourth-order valence-corrected chi connectivity index (χ4v) is 5.15. The van der Waals surface area contributed by atoms with Crippen LogP contribution in [0.15, 0.2) is 65.6 Å². The molecule has 4 aromatic rings. The first-order valence-corrected chi connectivity index (χ1v) is 11.7. The SMILES string of the molecule is Nc1cc(-c2cccc(C=C3SC(=S)N(CCCc4nn[nH]n4)C3=O)c2)cc2ccccc12. The van der Waals surface area contributed by atoms with Gasteiger partial charge in [0.25, 0.3) is 5.91 Å². The molecule has 2 heterocycles. The molecule has 1 aromatic heterocycles. The summed E-state index contributed by atoms with van der Waals surface area (Å²) >= 11 is 6.78. The van der Waals surface area contributed by atoms with E-state index < -0.39 is 0 Å². The first kappa shape index (κ1) is 21.3. The van der Waals surface area contributed by atoms with Crippen LogP contribution in [0.25, 0.3) is 28.0 Å². The number of aromatic amines is 1. The van der Waals surface area contributed by atoms with Crippen molar-refractivity contribution in [3.05, 3.63) is 77.0 Å². The Balaban J connectivity index is 1.35. The average molecular weight is 473 g/mol. The number of aryl methyl sites for hydroxylation is 1. The highest BCUT2D eigenvalue weighted by atomic mass is 32.2. The number of amides is 1. The number of hydrogen-bond donors (Lipinski definition) is 2. The summed E-state index contributed by atoms with van der Waals surface area (Å²) in [5.41, 5.74) is 10.0. The summed E-state index contributed by atoms with van der Waals surface area (Å²) < 4.78 is 0.567. The van der Waals surface area contributed by atoms with E-state index in [0.29, 0.717) is 34.4 Å². The molecule has 0 saturated carbocycles. The van der Waals surface area contributed by atoms with Crippen molar-refractivity contribution in [3.63, 3.8) is 0 Å². The minimum Gasteiger partial charge on any atom is -0.398 e. The highest BCUT2D eigenvalue weighted by molar-refractivity contribution is 8.26. The number of H-pyrrole nitrogens is 1. The number of anilines is 1. The topological polar surface area (TPSA) is 101 Å². The number of nitrogens with one attached hydrogen (secondary N) is 1. The molecule has 0 radical (unpaired) electrons. The molecule has 1 aliphatic heterocycles. The minimum absolute atomic E-state index is 0.0709. The van der Waals surface area contributed by atoms with Crippen LogP contribution in [0.5, 0.6) is 0 Å². The second-order valence-corrected chi connectivity index (χ2v) is 9.35. The molecule has 0 unspecified atom stereocenters. The number of thiocarbonyl (C=S) groups is 1. The zero-order valence-corrected chi connectivity index (χ0v) is 19.2. The lowest BCUT2D eigenvalue weighted by atomic mass is 9.98. The van der Waals surface area contributed by atoms with Gasteiger partial charge in [-0.25, -0.2) is 0 Å². The number of aromatic nitrogens is 4. The van der Waals surface area contributed by atoms with E-state index in [2.05, 4.69) is 38.8 Å². The van der Waals surface area contributed by atoms with Gasteiger partial charge >= 0.3 is 0 Å². The van der Waals surface area contributed by atoms with E-state index in [0.717, 1.165) is 33.2 Å². The van der Waals surface area contributed by atoms with Crippen molar-refractivity contribution in [1.82, 2.24) is 25.5 Å². The number of nitrogens with two attached hydrogens (primary N) is 1. The number of benzene rings is 3. The predicted octanol–water partition coefficient (Wildman–Crippen LogP) is 4.44. The molecule has 3 aromatic carbocycles. The lowest BCUT2D eigenvalue weighted by Crippen LogP contribution is -2.29. The lowest BCUT2D eigenvalue weighted by Gasteiger charge is -2.13. The molecular weight excluding hydrogens is 452 g/mol. The largest absolute Gasteiger partial charge is 0.398 e. The smallest absolute Gasteiger partial charge is 0.266 e. The van der Waals surface area contributed by atoms with Crippen molar-refractivity contribution in [1.29, 1.82) is 0 Å². The number of thioether (sulfide) groups is 1. The van der Waals surface area contributed by atoms with Crippen molar-refractivity contribution in [2.24, 2.45) is 0 Å². The van der Waals surface area contributed by atoms with Crippen molar-refractivity contribution in [2.45, 2.75) is 12.8 Å². The number of nitrogens with zero attached hydrogens (tertiary/aromatic N) is 4. The maximum atomic E-state index is 12.9.